The summed E-state index contributed by atoms with van der Waals surface area (Å²) >= 11 is 0. The minimum absolute atomic E-state index is 0.141. The van der Waals surface area contributed by atoms with Gasteiger partial charge in [0.05, 0.1) is 19.3 Å². The molecule has 1 aromatic carbocycles. The summed E-state index contributed by atoms with van der Waals surface area (Å²) in [5.74, 6) is 0.379. The lowest BCUT2D eigenvalue weighted by molar-refractivity contribution is -0.0547. The van der Waals surface area contributed by atoms with Gasteiger partial charge < -0.3 is 38.9 Å². The Morgan fingerprint density at radius 3 is 2.27 bits per heavy atom. The third-order valence-electron chi connectivity index (χ3n) is 5.41. The zero-order valence-corrected chi connectivity index (χ0v) is 23.0. The molecule has 0 saturated carbocycles. The monoisotopic (exact) mass is 641 g/mol. The van der Waals surface area contributed by atoms with Crippen LogP contribution in [0.15, 0.2) is 62.8 Å². The molecule has 224 valence electrons. The Bertz CT molecular complexity index is 1650. The van der Waals surface area contributed by atoms with E-state index >= 15 is 0 Å². The number of hydrogen-bond donors (Lipinski definition) is 6. The molecule has 0 radical (unpaired) electrons. The van der Waals surface area contributed by atoms with E-state index in [4.69, 9.17) is 18.9 Å². The quantitative estimate of drug-likeness (QED) is 0.146. The lowest BCUT2D eigenvalue weighted by Gasteiger charge is -2.19. The maximum atomic E-state index is 13.1. The molecule has 3 heterocycles. The van der Waals surface area contributed by atoms with E-state index < -0.39 is 65.9 Å². The van der Waals surface area contributed by atoms with Crippen LogP contribution < -0.4 is 11.2 Å². The van der Waals surface area contributed by atoms with Gasteiger partial charge >= 0.3 is 29.2 Å². The topological polar surface area (TPSA) is 280 Å². The van der Waals surface area contributed by atoms with Gasteiger partial charge in [-0.3, -0.25) is 18.5 Å². The molecule has 19 nitrogen and oxygen atoms in total. The van der Waals surface area contributed by atoms with E-state index in [0.717, 1.165) is 21.4 Å². The number of oxazole rings is 1. The minimum atomic E-state index is -5.79. The maximum Gasteiger partial charge on any atom is 0.490 e. The molecule has 4 unspecified atom stereocenters. The fourth-order valence-electron chi connectivity index (χ4n) is 3.69. The second-order valence-corrected chi connectivity index (χ2v) is 12.8. The number of aromatic nitrogens is 3. The SMILES string of the molecule is O=c1ccn([C@@H]2O[C@H](COP(=O)(O)OP(=O)(O)OP(=O)(O)O)C(O)C2O)c(=O)n1Cc1cnc(-c2ccccc2)o1. The summed E-state index contributed by atoms with van der Waals surface area (Å²) < 4.78 is 58.2. The molecule has 1 saturated heterocycles. The number of nitrogens with zero attached hydrogens (tertiary/aromatic N) is 3. The van der Waals surface area contributed by atoms with Crippen molar-refractivity contribution in [1.29, 1.82) is 0 Å². The second-order valence-electron chi connectivity index (χ2n) is 8.36. The number of hydrogen-bond acceptors (Lipinski definition) is 13. The summed E-state index contributed by atoms with van der Waals surface area (Å²) in [6.45, 7) is -1.45. The number of rotatable bonds is 11. The Kier molecular flexibility index (Phi) is 9.13. The Morgan fingerprint density at radius 2 is 1.61 bits per heavy atom. The third-order valence-corrected chi connectivity index (χ3v) is 9.22. The van der Waals surface area contributed by atoms with Crippen LogP contribution in [0.2, 0.25) is 0 Å². The molecule has 1 aliphatic rings. The van der Waals surface area contributed by atoms with Gasteiger partial charge in [0.2, 0.25) is 5.89 Å². The molecule has 41 heavy (non-hydrogen) atoms. The molecule has 22 heteroatoms. The van der Waals surface area contributed by atoms with E-state index in [0.29, 0.717) is 5.56 Å². The number of benzene rings is 1. The summed E-state index contributed by atoms with van der Waals surface area (Å²) in [4.78, 5) is 65.7. The summed E-state index contributed by atoms with van der Waals surface area (Å²) in [5.41, 5.74) is -1.10. The Labute approximate surface area is 228 Å². The Morgan fingerprint density at radius 1 is 0.927 bits per heavy atom. The van der Waals surface area contributed by atoms with Crippen molar-refractivity contribution in [3.05, 3.63) is 75.4 Å². The number of ether oxygens (including phenoxy) is 1. The predicted molar refractivity (Wildman–Crippen MR) is 132 cm³/mol. The lowest BCUT2D eigenvalue weighted by atomic mass is 10.1. The van der Waals surface area contributed by atoms with Crippen molar-refractivity contribution < 1.29 is 65.8 Å². The van der Waals surface area contributed by atoms with Crippen LogP contribution in [0.4, 0.5) is 0 Å². The van der Waals surface area contributed by atoms with Crippen LogP contribution in [0.1, 0.15) is 12.0 Å². The van der Waals surface area contributed by atoms with Gasteiger partial charge in [0.15, 0.2) is 6.23 Å². The van der Waals surface area contributed by atoms with Crippen molar-refractivity contribution in [1.82, 2.24) is 14.1 Å². The van der Waals surface area contributed by atoms with Crippen LogP contribution in [-0.4, -0.2) is 68.8 Å². The van der Waals surface area contributed by atoms with E-state index in [1.165, 1.54) is 6.20 Å². The highest BCUT2D eigenvalue weighted by Gasteiger charge is 2.47. The Balaban J connectivity index is 1.48. The summed E-state index contributed by atoms with van der Waals surface area (Å²) in [7, 11) is -17.0. The molecular formula is C19H22N3O16P3. The number of phosphoric acid groups is 3. The van der Waals surface area contributed by atoms with Crippen LogP contribution in [0, 0.1) is 0 Å². The van der Waals surface area contributed by atoms with Crippen molar-refractivity contribution in [2.45, 2.75) is 31.1 Å². The van der Waals surface area contributed by atoms with Crippen LogP contribution >= 0.6 is 23.5 Å². The minimum Gasteiger partial charge on any atom is -0.439 e. The Hall–Kier alpha value is -2.60. The molecule has 0 bridgehead atoms. The molecule has 0 amide bonds. The van der Waals surface area contributed by atoms with Crippen molar-refractivity contribution >= 4 is 23.5 Å². The number of phosphoric ester groups is 1. The molecule has 6 atom stereocenters. The maximum absolute atomic E-state index is 13.1. The highest BCUT2D eigenvalue weighted by Crippen LogP contribution is 2.66. The zero-order valence-electron chi connectivity index (χ0n) is 20.3. The highest BCUT2D eigenvalue weighted by molar-refractivity contribution is 7.66. The molecule has 1 fully saturated rings. The molecule has 0 aliphatic carbocycles. The van der Waals surface area contributed by atoms with Gasteiger partial charge in [-0.15, -0.1) is 0 Å². The normalized spacial score (nSPS) is 24.1. The first-order valence-electron chi connectivity index (χ1n) is 11.2. The molecular weight excluding hydrogens is 619 g/mol. The van der Waals surface area contributed by atoms with E-state index in [9.17, 15) is 43.3 Å². The van der Waals surface area contributed by atoms with Gasteiger partial charge in [-0.25, -0.2) is 23.5 Å². The second kappa shape index (κ2) is 11.9. The fourth-order valence-corrected chi connectivity index (χ4v) is 6.72. The van der Waals surface area contributed by atoms with Crippen molar-refractivity contribution in [3.63, 3.8) is 0 Å². The first-order valence-corrected chi connectivity index (χ1v) is 15.7. The third kappa shape index (κ3) is 7.82. The van der Waals surface area contributed by atoms with Crippen LogP contribution in [0.5, 0.6) is 0 Å². The highest BCUT2D eigenvalue weighted by atomic mass is 31.3. The first-order chi connectivity index (χ1) is 19.1. The van der Waals surface area contributed by atoms with Crippen LogP contribution in [-0.2, 0) is 38.1 Å². The van der Waals surface area contributed by atoms with Crippen LogP contribution in [0.3, 0.4) is 0 Å². The molecule has 3 aromatic rings. The van der Waals surface area contributed by atoms with Crippen LogP contribution in [0.25, 0.3) is 11.5 Å². The van der Waals surface area contributed by atoms with Gasteiger partial charge in [0.25, 0.3) is 5.56 Å². The van der Waals surface area contributed by atoms with E-state index in [1.807, 2.05) is 0 Å². The van der Waals surface area contributed by atoms with Crippen molar-refractivity contribution in [3.8, 4) is 11.5 Å². The van der Waals surface area contributed by atoms with E-state index in [1.54, 1.807) is 30.3 Å². The average molecular weight is 641 g/mol. The van der Waals surface area contributed by atoms with Crippen molar-refractivity contribution in [2.24, 2.45) is 0 Å². The number of aliphatic hydroxyl groups is 2. The van der Waals surface area contributed by atoms with Gasteiger partial charge in [-0.1, -0.05) is 18.2 Å². The molecule has 1 aliphatic heterocycles. The zero-order chi connectivity index (χ0) is 30.2. The van der Waals surface area contributed by atoms with Gasteiger partial charge in [-0.2, -0.15) is 8.62 Å². The predicted octanol–water partition coefficient (Wildman–Crippen LogP) is -0.324. The average Bonchev–Trinajstić information content (AvgIpc) is 3.44. The lowest BCUT2D eigenvalue weighted by Crippen LogP contribution is -2.43. The molecule has 2 aromatic heterocycles. The van der Waals surface area contributed by atoms with E-state index in [2.05, 4.69) is 18.1 Å². The van der Waals surface area contributed by atoms with Gasteiger partial charge in [0.1, 0.15) is 24.1 Å². The molecule has 4 rings (SSSR count). The smallest absolute Gasteiger partial charge is 0.439 e. The van der Waals surface area contributed by atoms with Gasteiger partial charge in [-0.05, 0) is 12.1 Å². The summed E-state index contributed by atoms with van der Waals surface area (Å²) in [6, 6.07) is 9.76. The first kappa shape index (κ1) is 31.3. The standard InChI is InChI=1S/C19H22N3O16P3/c23-14-6-7-21(19(26)22(14)9-12-8-20-17(35-12)11-4-2-1-3-5-11)18-16(25)15(24)13(36-18)10-34-40(30,31)38-41(32,33)37-39(27,28)29/h1-8,13,15-16,18,24-25H,9-10H2,(H,30,31)(H,32,33)(H2,27,28,29)/t13-,15?,16?,18-/m1/s1. The fraction of sp³-hybridized carbons (Fsp3) is 0.316. The summed E-state index contributed by atoms with van der Waals surface area (Å²) in [6.07, 6.45) is -4.70. The molecule has 6 N–H and O–H groups in total. The van der Waals surface area contributed by atoms with E-state index in [-0.39, 0.29) is 18.2 Å². The largest absolute Gasteiger partial charge is 0.490 e. The molecule has 0 spiro atoms. The van der Waals surface area contributed by atoms with Gasteiger partial charge in [0, 0.05) is 17.8 Å². The number of aliphatic hydroxyl groups excluding tert-OH is 2. The van der Waals surface area contributed by atoms with Crippen molar-refractivity contribution in [2.75, 3.05) is 6.61 Å². The summed E-state index contributed by atoms with van der Waals surface area (Å²) in [5, 5.41) is 20.8.